The topological polar surface area (TPSA) is 66.4 Å². The fraction of sp³-hybridized carbons (Fsp3) is 0.846. The number of carbonyl (C=O) groups excluding carboxylic acids is 1. The van der Waals surface area contributed by atoms with Crippen LogP contribution in [0.3, 0.4) is 0 Å². The highest BCUT2D eigenvalue weighted by Gasteiger charge is 2.49. The highest BCUT2D eigenvalue weighted by atomic mass is 19.4. The van der Waals surface area contributed by atoms with E-state index < -0.39 is 35.4 Å². The van der Waals surface area contributed by atoms with E-state index in [2.05, 4.69) is 5.32 Å². The second-order valence-electron chi connectivity index (χ2n) is 6.16. The van der Waals surface area contributed by atoms with Gasteiger partial charge < -0.3 is 10.4 Å². The molecule has 1 rings (SSSR count). The first-order chi connectivity index (χ1) is 8.97. The molecule has 20 heavy (non-hydrogen) atoms. The Kier molecular flexibility index (Phi) is 4.71. The van der Waals surface area contributed by atoms with Crippen molar-refractivity contribution >= 4 is 11.9 Å². The van der Waals surface area contributed by atoms with Gasteiger partial charge in [-0.05, 0) is 12.8 Å². The van der Waals surface area contributed by atoms with E-state index in [4.69, 9.17) is 5.11 Å². The summed E-state index contributed by atoms with van der Waals surface area (Å²) in [7, 11) is 0. The van der Waals surface area contributed by atoms with Gasteiger partial charge >= 0.3 is 12.1 Å². The largest absolute Gasteiger partial charge is 0.481 e. The minimum Gasteiger partial charge on any atom is -0.481 e. The average Bonchev–Trinajstić information content (AvgIpc) is 2.61. The molecular weight excluding hydrogens is 275 g/mol. The molecule has 4 nitrogen and oxygen atoms in total. The minimum absolute atomic E-state index is 0.245. The normalized spacial score (nSPS) is 18.9. The third kappa shape index (κ3) is 4.11. The highest BCUT2D eigenvalue weighted by Crippen LogP contribution is 2.41. The van der Waals surface area contributed by atoms with Crippen molar-refractivity contribution in [3.63, 3.8) is 0 Å². The Balaban J connectivity index is 2.71. The van der Waals surface area contributed by atoms with Crippen LogP contribution >= 0.6 is 0 Å². The molecule has 1 aliphatic carbocycles. The van der Waals surface area contributed by atoms with Crippen molar-refractivity contribution < 1.29 is 27.9 Å². The van der Waals surface area contributed by atoms with Gasteiger partial charge in [0.1, 0.15) is 0 Å². The van der Waals surface area contributed by atoms with E-state index in [0.717, 1.165) is 26.7 Å². The number of aliphatic carboxylic acids is 1. The highest BCUT2D eigenvalue weighted by molar-refractivity contribution is 5.79. The number of halogens is 3. The third-order valence-electron chi connectivity index (χ3n) is 3.82. The van der Waals surface area contributed by atoms with Crippen LogP contribution in [0.4, 0.5) is 13.2 Å². The van der Waals surface area contributed by atoms with Crippen molar-refractivity contribution in [1.29, 1.82) is 0 Å². The van der Waals surface area contributed by atoms with E-state index in [1.165, 1.54) is 0 Å². The number of carbonyl (C=O) groups is 2. The lowest BCUT2D eigenvalue weighted by Crippen LogP contribution is -2.49. The lowest BCUT2D eigenvalue weighted by molar-refractivity contribution is -0.214. The van der Waals surface area contributed by atoms with Gasteiger partial charge in [0.05, 0.1) is 17.4 Å². The van der Waals surface area contributed by atoms with Gasteiger partial charge in [-0.2, -0.15) is 13.2 Å². The maximum absolute atomic E-state index is 12.7. The number of hydrogen-bond donors (Lipinski definition) is 2. The van der Waals surface area contributed by atoms with Gasteiger partial charge in [-0.25, -0.2) is 0 Å². The first-order valence-electron chi connectivity index (χ1n) is 6.57. The van der Waals surface area contributed by atoms with Crippen molar-refractivity contribution in [2.24, 2.45) is 5.41 Å². The second-order valence-corrected chi connectivity index (χ2v) is 6.16. The summed E-state index contributed by atoms with van der Waals surface area (Å²) in [5, 5.41) is 11.4. The summed E-state index contributed by atoms with van der Waals surface area (Å²) in [6, 6.07) is 0. The molecule has 0 aromatic carbocycles. The van der Waals surface area contributed by atoms with Crippen LogP contribution in [-0.4, -0.2) is 28.7 Å². The molecule has 1 aliphatic rings. The Hall–Kier alpha value is -1.27. The average molecular weight is 295 g/mol. The molecule has 0 atom stereocenters. The Labute approximate surface area is 115 Å². The van der Waals surface area contributed by atoms with Crippen LogP contribution in [0.15, 0.2) is 0 Å². The maximum atomic E-state index is 12.7. The summed E-state index contributed by atoms with van der Waals surface area (Å²) in [6.45, 7) is 1.93. The molecule has 0 bridgehead atoms. The predicted octanol–water partition coefficient (Wildman–Crippen LogP) is 2.87. The lowest BCUT2D eigenvalue weighted by atomic mass is 9.86. The van der Waals surface area contributed by atoms with Gasteiger partial charge in [-0.15, -0.1) is 0 Å². The Morgan fingerprint density at radius 3 is 2.10 bits per heavy atom. The Bertz CT molecular complexity index is 385. The molecule has 7 heteroatoms. The SMILES string of the molecule is CC(C)(CC(=O)NC1(CC(=O)O)CCCC1)C(F)(F)F. The molecule has 1 saturated carbocycles. The van der Waals surface area contributed by atoms with Crippen molar-refractivity contribution in [2.75, 3.05) is 0 Å². The van der Waals surface area contributed by atoms with Gasteiger partial charge in [0.25, 0.3) is 0 Å². The van der Waals surface area contributed by atoms with Crippen LogP contribution in [0.5, 0.6) is 0 Å². The number of nitrogens with one attached hydrogen (secondary N) is 1. The van der Waals surface area contributed by atoms with Crippen LogP contribution in [-0.2, 0) is 9.59 Å². The number of hydrogen-bond acceptors (Lipinski definition) is 2. The molecule has 116 valence electrons. The summed E-state index contributed by atoms with van der Waals surface area (Å²) in [4.78, 5) is 22.7. The number of carboxylic acid groups (broad SMARTS) is 1. The molecule has 1 fully saturated rings. The summed E-state index contributed by atoms with van der Waals surface area (Å²) in [5.41, 5.74) is -3.01. The second kappa shape index (κ2) is 5.61. The van der Waals surface area contributed by atoms with Crippen LogP contribution in [0.1, 0.15) is 52.4 Å². The maximum Gasteiger partial charge on any atom is 0.394 e. The number of carboxylic acids is 1. The fourth-order valence-electron chi connectivity index (χ4n) is 2.53. The molecule has 0 heterocycles. The van der Waals surface area contributed by atoms with Crippen molar-refractivity contribution in [3.8, 4) is 0 Å². The third-order valence-corrected chi connectivity index (χ3v) is 3.82. The summed E-state index contributed by atoms with van der Waals surface area (Å²) < 4.78 is 38.2. The Morgan fingerprint density at radius 2 is 1.70 bits per heavy atom. The zero-order valence-electron chi connectivity index (χ0n) is 11.6. The van der Waals surface area contributed by atoms with Gasteiger partial charge in [0.15, 0.2) is 0 Å². The zero-order chi connectivity index (χ0) is 15.6. The minimum atomic E-state index is -4.47. The summed E-state index contributed by atoms with van der Waals surface area (Å²) in [6.07, 6.45) is -2.87. The van der Waals surface area contributed by atoms with E-state index in [9.17, 15) is 22.8 Å². The summed E-state index contributed by atoms with van der Waals surface area (Å²) >= 11 is 0. The smallest absolute Gasteiger partial charge is 0.394 e. The first-order valence-corrected chi connectivity index (χ1v) is 6.57. The van der Waals surface area contributed by atoms with Crippen LogP contribution in [0.2, 0.25) is 0 Å². The quantitative estimate of drug-likeness (QED) is 0.819. The molecule has 0 unspecified atom stereocenters. The van der Waals surface area contributed by atoms with Crippen molar-refractivity contribution in [3.05, 3.63) is 0 Å². The lowest BCUT2D eigenvalue weighted by Gasteiger charge is -2.32. The molecule has 0 aromatic rings. The van der Waals surface area contributed by atoms with Crippen molar-refractivity contribution in [1.82, 2.24) is 5.32 Å². The molecule has 0 radical (unpaired) electrons. The van der Waals surface area contributed by atoms with Gasteiger partial charge in [0.2, 0.25) is 5.91 Å². The van der Waals surface area contributed by atoms with Gasteiger partial charge in [0, 0.05) is 6.42 Å². The van der Waals surface area contributed by atoms with Crippen LogP contribution < -0.4 is 5.32 Å². The Morgan fingerprint density at radius 1 is 1.20 bits per heavy atom. The number of rotatable bonds is 5. The van der Waals surface area contributed by atoms with Crippen molar-refractivity contribution in [2.45, 2.75) is 64.1 Å². The van der Waals surface area contributed by atoms with Crippen LogP contribution in [0.25, 0.3) is 0 Å². The van der Waals surface area contributed by atoms with Gasteiger partial charge in [-0.1, -0.05) is 26.7 Å². The number of alkyl halides is 3. The van der Waals surface area contributed by atoms with E-state index in [0.29, 0.717) is 12.8 Å². The molecule has 0 saturated heterocycles. The first kappa shape index (κ1) is 16.8. The molecule has 0 aliphatic heterocycles. The van der Waals surface area contributed by atoms with Crippen LogP contribution in [0, 0.1) is 5.41 Å². The summed E-state index contributed by atoms with van der Waals surface area (Å²) in [5.74, 6) is -1.79. The molecule has 0 aromatic heterocycles. The molecule has 0 spiro atoms. The van der Waals surface area contributed by atoms with E-state index in [1.807, 2.05) is 0 Å². The number of amides is 1. The fourth-order valence-corrected chi connectivity index (χ4v) is 2.53. The van der Waals surface area contributed by atoms with E-state index in [-0.39, 0.29) is 6.42 Å². The zero-order valence-corrected chi connectivity index (χ0v) is 11.6. The van der Waals surface area contributed by atoms with Gasteiger partial charge in [-0.3, -0.25) is 9.59 Å². The molecular formula is C13H20F3NO3. The van der Waals surface area contributed by atoms with E-state index >= 15 is 0 Å². The standard InChI is InChI=1S/C13H20F3NO3/c1-11(2,13(14,15)16)7-9(18)17-12(8-10(19)20)5-3-4-6-12/h3-8H2,1-2H3,(H,17,18)(H,19,20). The molecule has 2 N–H and O–H groups in total. The monoisotopic (exact) mass is 295 g/mol. The van der Waals surface area contributed by atoms with E-state index in [1.54, 1.807) is 0 Å². The predicted molar refractivity (Wildman–Crippen MR) is 66.0 cm³/mol. The molecule has 1 amide bonds.